The lowest BCUT2D eigenvalue weighted by Gasteiger charge is -2.13. The predicted molar refractivity (Wildman–Crippen MR) is 120 cm³/mol. The third-order valence-corrected chi connectivity index (χ3v) is 5.07. The number of esters is 1. The second kappa shape index (κ2) is 10.6. The first kappa shape index (κ1) is 20.8. The minimum absolute atomic E-state index is 0.351. The molecule has 0 fully saturated rings. The number of allylic oxidation sites excluding steroid dienone is 1. The zero-order valence-corrected chi connectivity index (χ0v) is 17.4. The molecule has 1 heterocycles. The van der Waals surface area contributed by atoms with Crippen LogP contribution < -0.4 is 4.74 Å². The predicted octanol–water partition coefficient (Wildman–Crippen LogP) is 7.14. The van der Waals surface area contributed by atoms with Crippen molar-refractivity contribution < 1.29 is 9.53 Å². The highest BCUT2D eigenvalue weighted by Gasteiger charge is 2.16. The molecule has 0 atom stereocenters. The van der Waals surface area contributed by atoms with E-state index in [1.807, 2.05) is 49.4 Å². The van der Waals surface area contributed by atoms with E-state index < -0.39 is 0 Å². The number of hydrogen-bond donors (Lipinski definition) is 0. The van der Waals surface area contributed by atoms with Crippen molar-refractivity contribution in [3.05, 3.63) is 77.5 Å². The molecule has 2 aromatic carbocycles. The van der Waals surface area contributed by atoms with E-state index in [0.29, 0.717) is 11.3 Å². The molecule has 0 aliphatic rings. The number of aromatic nitrogens is 1. The van der Waals surface area contributed by atoms with Crippen LogP contribution in [-0.4, -0.2) is 11.0 Å². The summed E-state index contributed by atoms with van der Waals surface area (Å²) in [5.74, 6) is 0.239. The number of unbranched alkanes of at least 4 members (excludes halogenated alkanes) is 5. The van der Waals surface area contributed by atoms with Gasteiger partial charge in [-0.05, 0) is 50.1 Å². The van der Waals surface area contributed by atoms with Crippen molar-refractivity contribution in [2.45, 2.75) is 52.4 Å². The molecule has 0 aliphatic heterocycles. The quantitative estimate of drug-likeness (QED) is 0.289. The Kier molecular flexibility index (Phi) is 7.57. The first-order chi connectivity index (χ1) is 14.2. The molecule has 150 valence electrons. The summed E-state index contributed by atoms with van der Waals surface area (Å²) in [6.07, 6.45) is 11.6. The molecular formula is C26H29NO2. The maximum Gasteiger partial charge on any atom is 0.343 e. The Morgan fingerprint density at radius 2 is 1.69 bits per heavy atom. The van der Waals surface area contributed by atoms with Crippen LogP contribution in [0.25, 0.3) is 17.0 Å². The zero-order valence-electron chi connectivity index (χ0n) is 17.4. The van der Waals surface area contributed by atoms with Crippen LogP contribution in [0.2, 0.25) is 0 Å². The van der Waals surface area contributed by atoms with Gasteiger partial charge >= 0.3 is 5.97 Å². The van der Waals surface area contributed by atoms with E-state index in [4.69, 9.17) is 9.72 Å². The second-order valence-electron chi connectivity index (χ2n) is 7.33. The molecule has 0 spiro atoms. The molecule has 0 unspecified atom stereocenters. The van der Waals surface area contributed by atoms with Crippen LogP contribution >= 0.6 is 0 Å². The number of hydrogen-bond acceptors (Lipinski definition) is 3. The fourth-order valence-corrected chi connectivity index (χ4v) is 3.38. The number of benzene rings is 2. The Morgan fingerprint density at radius 1 is 0.966 bits per heavy atom. The maximum absolute atomic E-state index is 12.6. The number of para-hydroxylation sites is 1. The van der Waals surface area contributed by atoms with Gasteiger partial charge in [0.25, 0.3) is 0 Å². The molecule has 0 aliphatic carbocycles. The van der Waals surface area contributed by atoms with Crippen LogP contribution in [0.15, 0.2) is 60.7 Å². The second-order valence-corrected chi connectivity index (χ2v) is 7.33. The van der Waals surface area contributed by atoms with Crippen molar-refractivity contribution in [1.82, 2.24) is 4.98 Å². The van der Waals surface area contributed by atoms with Gasteiger partial charge in [-0.25, -0.2) is 9.78 Å². The summed E-state index contributed by atoms with van der Waals surface area (Å²) >= 11 is 0. The smallest absolute Gasteiger partial charge is 0.343 e. The average Bonchev–Trinajstić information content (AvgIpc) is 2.76. The summed E-state index contributed by atoms with van der Waals surface area (Å²) in [6, 6.07) is 16.9. The zero-order chi connectivity index (χ0) is 20.5. The highest BCUT2D eigenvalue weighted by Crippen LogP contribution is 2.31. The molecule has 0 amide bonds. The van der Waals surface area contributed by atoms with Crippen molar-refractivity contribution in [3.63, 3.8) is 0 Å². The van der Waals surface area contributed by atoms with Crippen LogP contribution in [0.5, 0.6) is 5.75 Å². The Bertz CT molecular complexity index is 977. The first-order valence-corrected chi connectivity index (χ1v) is 10.5. The van der Waals surface area contributed by atoms with Gasteiger partial charge in [0.05, 0.1) is 16.8 Å². The summed E-state index contributed by atoms with van der Waals surface area (Å²) in [4.78, 5) is 17.4. The minimum Gasteiger partial charge on any atom is -0.422 e. The van der Waals surface area contributed by atoms with Gasteiger partial charge in [0.15, 0.2) is 0 Å². The Labute approximate surface area is 173 Å². The van der Waals surface area contributed by atoms with Gasteiger partial charge in [-0.3, -0.25) is 0 Å². The van der Waals surface area contributed by atoms with Crippen molar-refractivity contribution in [3.8, 4) is 5.75 Å². The fraction of sp³-hybridized carbons (Fsp3) is 0.308. The largest absolute Gasteiger partial charge is 0.422 e. The van der Waals surface area contributed by atoms with Gasteiger partial charge in [0.1, 0.15) is 5.75 Å². The van der Waals surface area contributed by atoms with E-state index in [0.717, 1.165) is 28.6 Å². The topological polar surface area (TPSA) is 39.2 Å². The minimum atomic E-state index is -0.351. The Morgan fingerprint density at radius 3 is 2.48 bits per heavy atom. The van der Waals surface area contributed by atoms with Crippen LogP contribution in [-0.2, 0) is 0 Å². The third-order valence-electron chi connectivity index (χ3n) is 5.07. The fourth-order valence-electron chi connectivity index (χ4n) is 3.38. The molecule has 0 saturated heterocycles. The maximum atomic E-state index is 12.6. The normalized spacial score (nSPS) is 11.2. The summed E-state index contributed by atoms with van der Waals surface area (Å²) in [5, 5.41) is 0.853. The summed E-state index contributed by atoms with van der Waals surface area (Å²) < 4.78 is 5.84. The Balaban J connectivity index is 1.82. The SMILES string of the molecule is CCCCCCC/C=C/c1nc2ccccc2c(OC(=O)c2ccccc2)c1C. The van der Waals surface area contributed by atoms with Crippen LogP contribution in [0, 0.1) is 6.92 Å². The number of nitrogens with zero attached hydrogens (tertiary/aromatic N) is 1. The van der Waals surface area contributed by atoms with E-state index in [1.165, 1.54) is 32.1 Å². The van der Waals surface area contributed by atoms with E-state index >= 15 is 0 Å². The first-order valence-electron chi connectivity index (χ1n) is 10.5. The molecule has 0 radical (unpaired) electrons. The molecule has 3 heteroatoms. The third kappa shape index (κ3) is 5.54. The number of carbonyl (C=O) groups excluding carboxylic acids is 1. The van der Waals surface area contributed by atoms with Crippen molar-refractivity contribution in [1.29, 1.82) is 0 Å². The van der Waals surface area contributed by atoms with Gasteiger partial charge in [-0.2, -0.15) is 0 Å². The summed E-state index contributed by atoms with van der Waals surface area (Å²) in [6.45, 7) is 4.20. The highest BCUT2D eigenvalue weighted by molar-refractivity contribution is 5.95. The van der Waals surface area contributed by atoms with E-state index in [2.05, 4.69) is 19.1 Å². The van der Waals surface area contributed by atoms with E-state index in [-0.39, 0.29) is 5.97 Å². The Hall–Kier alpha value is -2.94. The molecule has 0 bridgehead atoms. The molecule has 1 aromatic heterocycles. The molecular weight excluding hydrogens is 358 g/mol. The van der Waals surface area contributed by atoms with Gasteiger partial charge in [0, 0.05) is 10.9 Å². The molecule has 0 N–H and O–H groups in total. The van der Waals surface area contributed by atoms with Crippen molar-refractivity contribution in [2.75, 3.05) is 0 Å². The molecule has 29 heavy (non-hydrogen) atoms. The van der Waals surface area contributed by atoms with Crippen LogP contribution in [0.1, 0.15) is 67.1 Å². The van der Waals surface area contributed by atoms with E-state index in [1.54, 1.807) is 12.1 Å². The monoisotopic (exact) mass is 387 g/mol. The van der Waals surface area contributed by atoms with Crippen LogP contribution in [0.4, 0.5) is 0 Å². The lowest BCUT2D eigenvalue weighted by Crippen LogP contribution is -2.10. The number of ether oxygens (including phenoxy) is 1. The summed E-state index contributed by atoms with van der Waals surface area (Å²) in [5.41, 5.74) is 3.11. The van der Waals surface area contributed by atoms with Crippen molar-refractivity contribution in [2.24, 2.45) is 0 Å². The highest BCUT2D eigenvalue weighted by atomic mass is 16.5. The lowest BCUT2D eigenvalue weighted by molar-refractivity contribution is 0.0736. The molecule has 3 nitrogen and oxygen atoms in total. The molecule has 0 saturated carbocycles. The molecule has 3 rings (SSSR count). The van der Waals surface area contributed by atoms with Gasteiger partial charge in [-0.15, -0.1) is 0 Å². The number of fused-ring (bicyclic) bond motifs is 1. The van der Waals surface area contributed by atoms with Gasteiger partial charge in [-0.1, -0.05) is 69.0 Å². The lowest BCUT2D eigenvalue weighted by atomic mass is 10.1. The van der Waals surface area contributed by atoms with Gasteiger partial charge < -0.3 is 4.74 Å². The van der Waals surface area contributed by atoms with E-state index in [9.17, 15) is 4.79 Å². The van der Waals surface area contributed by atoms with Crippen molar-refractivity contribution >= 4 is 22.9 Å². The average molecular weight is 388 g/mol. The number of pyridine rings is 1. The summed E-state index contributed by atoms with van der Waals surface area (Å²) in [7, 11) is 0. The van der Waals surface area contributed by atoms with Crippen LogP contribution in [0.3, 0.4) is 0 Å². The molecule has 3 aromatic rings. The van der Waals surface area contributed by atoms with Gasteiger partial charge in [0.2, 0.25) is 0 Å². The number of rotatable bonds is 9. The standard InChI is InChI=1S/C26H29NO2/c1-3-4-5-6-7-8-12-18-23-20(2)25(22-17-13-14-19-24(22)27-23)29-26(28)21-15-10-9-11-16-21/h9-19H,3-8H2,1-2H3/b18-12+. The number of carbonyl (C=O) groups is 1.